The van der Waals surface area contributed by atoms with E-state index < -0.39 is 17.8 Å². The largest absolute Gasteiger partial charge is 0.336 e. The molecule has 2 aromatic heterocycles. The third kappa shape index (κ3) is 3.70. The molecule has 0 unspecified atom stereocenters. The van der Waals surface area contributed by atoms with Crippen molar-refractivity contribution in [2.75, 3.05) is 4.90 Å². The summed E-state index contributed by atoms with van der Waals surface area (Å²) in [6.07, 6.45) is 3.18. The molecule has 162 valence electrons. The van der Waals surface area contributed by atoms with Crippen molar-refractivity contribution in [3.63, 3.8) is 0 Å². The number of benzene rings is 1. The highest BCUT2D eigenvalue weighted by Crippen LogP contribution is 2.34. The number of nitrogens with one attached hydrogen (secondary N) is 1. The van der Waals surface area contributed by atoms with Crippen LogP contribution in [0.5, 0.6) is 0 Å². The summed E-state index contributed by atoms with van der Waals surface area (Å²) < 4.78 is 1.93. The summed E-state index contributed by atoms with van der Waals surface area (Å²) in [4.78, 5) is 43.4. The van der Waals surface area contributed by atoms with E-state index >= 15 is 0 Å². The first-order chi connectivity index (χ1) is 15.2. The van der Waals surface area contributed by atoms with Gasteiger partial charge in [0.15, 0.2) is 0 Å². The highest BCUT2D eigenvalue weighted by Gasteiger charge is 2.38. The number of urea groups is 1. The normalized spacial score (nSPS) is 15.5. The van der Waals surface area contributed by atoms with Gasteiger partial charge in [-0.3, -0.25) is 14.9 Å². The second-order valence-corrected chi connectivity index (χ2v) is 8.17. The molecule has 0 spiro atoms. The summed E-state index contributed by atoms with van der Waals surface area (Å²) in [5.74, 6) is -0.846. The number of amides is 4. The molecule has 3 aromatic rings. The lowest BCUT2D eigenvalue weighted by molar-refractivity contribution is -0.122. The third-order valence-electron chi connectivity index (χ3n) is 5.17. The number of pyridine rings is 1. The fraction of sp³-hybridized carbons (Fsp3) is 0.130. The first kappa shape index (κ1) is 21.8. The summed E-state index contributed by atoms with van der Waals surface area (Å²) in [6, 6.07) is 9.38. The summed E-state index contributed by atoms with van der Waals surface area (Å²) in [6.45, 7) is 5.74. The van der Waals surface area contributed by atoms with E-state index in [-0.39, 0.29) is 21.3 Å². The van der Waals surface area contributed by atoms with E-state index in [9.17, 15) is 14.4 Å². The number of carbonyl (C=O) groups excluding carboxylic acids is 3. The van der Waals surface area contributed by atoms with Crippen LogP contribution in [-0.2, 0) is 9.59 Å². The smallest absolute Gasteiger partial charge is 0.303 e. The van der Waals surface area contributed by atoms with Gasteiger partial charge in [-0.1, -0.05) is 29.3 Å². The number of barbiturate groups is 1. The van der Waals surface area contributed by atoms with Gasteiger partial charge in [-0.15, -0.1) is 0 Å². The van der Waals surface area contributed by atoms with Crippen LogP contribution in [0.4, 0.5) is 10.5 Å². The summed E-state index contributed by atoms with van der Waals surface area (Å²) >= 11 is 12.3. The number of carbonyl (C=O) groups is 3. The lowest BCUT2D eigenvalue weighted by Crippen LogP contribution is -2.54. The van der Waals surface area contributed by atoms with E-state index in [2.05, 4.69) is 10.3 Å². The molecule has 7 nitrogen and oxygen atoms in total. The molecule has 3 heterocycles. The molecule has 1 aromatic carbocycles. The van der Waals surface area contributed by atoms with Gasteiger partial charge in [0.25, 0.3) is 11.8 Å². The van der Waals surface area contributed by atoms with Gasteiger partial charge >= 0.3 is 6.03 Å². The van der Waals surface area contributed by atoms with Crippen molar-refractivity contribution in [2.45, 2.75) is 20.8 Å². The van der Waals surface area contributed by atoms with Gasteiger partial charge in [-0.25, -0.2) is 14.7 Å². The number of nitrogens with zero attached hydrogens (tertiary/aromatic N) is 3. The second-order valence-electron chi connectivity index (χ2n) is 7.38. The molecule has 0 saturated carbocycles. The average molecular weight is 469 g/mol. The van der Waals surface area contributed by atoms with Crippen molar-refractivity contribution >= 4 is 52.8 Å². The minimum atomic E-state index is -0.893. The molecule has 32 heavy (non-hydrogen) atoms. The maximum atomic E-state index is 13.2. The van der Waals surface area contributed by atoms with Gasteiger partial charge in [-0.05, 0) is 68.3 Å². The molecule has 0 bridgehead atoms. The van der Waals surface area contributed by atoms with Crippen molar-refractivity contribution in [3.8, 4) is 5.82 Å². The molecule has 0 atom stereocenters. The molecular formula is C23H18Cl2N4O3. The average Bonchev–Trinajstić information content (AvgIpc) is 3.01. The lowest BCUT2D eigenvalue weighted by atomic mass is 10.1. The summed E-state index contributed by atoms with van der Waals surface area (Å²) in [5, 5.41) is 2.41. The molecule has 0 radical (unpaired) electrons. The SMILES string of the molecule is Cc1ccnc(-n2c(C)cc(/C=C3\C(=O)NC(=O)N(c4cccc(Cl)c4Cl)C3=O)c2C)c1. The number of halogens is 2. The molecule has 1 saturated heterocycles. The van der Waals surface area contributed by atoms with Crippen LogP contribution in [0.3, 0.4) is 0 Å². The van der Waals surface area contributed by atoms with Gasteiger partial charge < -0.3 is 4.57 Å². The van der Waals surface area contributed by atoms with Gasteiger partial charge in [0.2, 0.25) is 0 Å². The Hall–Kier alpha value is -3.42. The van der Waals surface area contributed by atoms with Crippen molar-refractivity contribution in [1.82, 2.24) is 14.9 Å². The highest BCUT2D eigenvalue weighted by molar-refractivity contribution is 6.46. The number of hydrogen-bond donors (Lipinski definition) is 1. The molecule has 4 rings (SSSR count). The zero-order valence-corrected chi connectivity index (χ0v) is 19.0. The fourth-order valence-electron chi connectivity index (χ4n) is 3.63. The predicted octanol–water partition coefficient (Wildman–Crippen LogP) is 4.77. The van der Waals surface area contributed by atoms with E-state index in [0.717, 1.165) is 27.7 Å². The zero-order chi connectivity index (χ0) is 23.2. The molecule has 1 aliphatic heterocycles. The monoisotopic (exact) mass is 468 g/mol. The molecule has 1 aliphatic rings. The molecule has 1 N–H and O–H groups in total. The van der Waals surface area contributed by atoms with Crippen LogP contribution in [0.15, 0.2) is 48.2 Å². The first-order valence-corrected chi connectivity index (χ1v) is 10.4. The second kappa shape index (κ2) is 8.26. The van der Waals surface area contributed by atoms with Crippen LogP contribution in [-0.4, -0.2) is 27.4 Å². The van der Waals surface area contributed by atoms with Gasteiger partial charge in [0, 0.05) is 17.6 Å². The van der Waals surface area contributed by atoms with Crippen molar-refractivity contribution in [3.05, 3.63) is 80.7 Å². The number of aromatic nitrogens is 2. The van der Waals surface area contributed by atoms with Crippen LogP contribution in [0, 0.1) is 20.8 Å². The highest BCUT2D eigenvalue weighted by atomic mass is 35.5. The van der Waals surface area contributed by atoms with E-state index in [4.69, 9.17) is 23.2 Å². The Bertz CT molecular complexity index is 1330. The molecule has 4 amide bonds. The minimum Gasteiger partial charge on any atom is -0.303 e. The quantitative estimate of drug-likeness (QED) is 0.443. The van der Waals surface area contributed by atoms with E-state index in [1.165, 1.54) is 18.2 Å². The Morgan fingerprint density at radius 2 is 1.78 bits per heavy atom. The van der Waals surface area contributed by atoms with Gasteiger partial charge in [-0.2, -0.15) is 0 Å². The lowest BCUT2D eigenvalue weighted by Gasteiger charge is -2.27. The van der Waals surface area contributed by atoms with Crippen molar-refractivity contribution < 1.29 is 14.4 Å². The van der Waals surface area contributed by atoms with Crippen LogP contribution in [0.25, 0.3) is 11.9 Å². The number of rotatable bonds is 3. The van der Waals surface area contributed by atoms with Crippen LogP contribution >= 0.6 is 23.2 Å². The summed E-state index contributed by atoms with van der Waals surface area (Å²) in [7, 11) is 0. The minimum absolute atomic E-state index is 0.0371. The molecule has 9 heteroatoms. The topological polar surface area (TPSA) is 84.3 Å². The number of hydrogen-bond acceptors (Lipinski definition) is 4. The standard InChI is InChI=1S/C23H18Cl2N4O3/c1-12-7-8-26-19(9-12)28-13(2)10-15(14(28)3)11-16-21(30)27-23(32)29(22(16)31)18-6-4-5-17(24)20(18)25/h4-11H,1-3H3,(H,27,30,32)/b16-11+. The molecule has 1 fully saturated rings. The molecular weight excluding hydrogens is 451 g/mol. The van der Waals surface area contributed by atoms with E-state index in [1.807, 2.05) is 43.5 Å². The number of aryl methyl sites for hydroxylation is 2. The maximum absolute atomic E-state index is 13.2. The van der Waals surface area contributed by atoms with E-state index in [0.29, 0.717) is 5.56 Å². The van der Waals surface area contributed by atoms with Gasteiger partial charge in [0.1, 0.15) is 11.4 Å². The Labute approximate surface area is 194 Å². The Balaban J connectivity index is 1.79. The Morgan fingerprint density at radius 3 is 2.50 bits per heavy atom. The van der Waals surface area contributed by atoms with Crippen LogP contribution in [0.1, 0.15) is 22.5 Å². The van der Waals surface area contributed by atoms with Crippen LogP contribution in [0.2, 0.25) is 10.0 Å². The number of anilines is 1. The maximum Gasteiger partial charge on any atom is 0.336 e. The summed E-state index contributed by atoms with van der Waals surface area (Å²) in [5.41, 5.74) is 3.26. The number of imide groups is 2. The Kier molecular flexibility index (Phi) is 5.62. The zero-order valence-electron chi connectivity index (χ0n) is 17.4. The fourth-order valence-corrected chi connectivity index (χ4v) is 4.01. The van der Waals surface area contributed by atoms with E-state index in [1.54, 1.807) is 12.3 Å². The van der Waals surface area contributed by atoms with Gasteiger partial charge in [0.05, 0.1) is 15.7 Å². The third-order valence-corrected chi connectivity index (χ3v) is 5.98. The first-order valence-electron chi connectivity index (χ1n) is 9.66. The Morgan fingerprint density at radius 1 is 1.03 bits per heavy atom. The molecule has 0 aliphatic carbocycles. The van der Waals surface area contributed by atoms with Crippen molar-refractivity contribution in [2.24, 2.45) is 0 Å². The predicted molar refractivity (Wildman–Crippen MR) is 123 cm³/mol. The van der Waals surface area contributed by atoms with Crippen molar-refractivity contribution in [1.29, 1.82) is 0 Å². The van der Waals surface area contributed by atoms with Crippen LogP contribution < -0.4 is 10.2 Å².